The van der Waals surface area contributed by atoms with Crippen molar-refractivity contribution in [2.24, 2.45) is 5.14 Å². The molecule has 0 fully saturated rings. The van der Waals surface area contributed by atoms with Crippen molar-refractivity contribution < 1.29 is 22.1 Å². The van der Waals surface area contributed by atoms with Gasteiger partial charge < -0.3 is 8.92 Å². The van der Waals surface area contributed by atoms with Gasteiger partial charge in [-0.05, 0) is 32.9 Å². The van der Waals surface area contributed by atoms with Crippen molar-refractivity contribution in [3.63, 3.8) is 0 Å². The van der Waals surface area contributed by atoms with Gasteiger partial charge in [-0.25, -0.2) is 4.79 Å². The number of amides is 1. The lowest BCUT2D eigenvalue weighted by Crippen LogP contribution is -2.27. The summed E-state index contributed by atoms with van der Waals surface area (Å²) in [7, 11) is -4.10. The number of carbonyl (C=O) groups is 1. The second-order valence-electron chi connectivity index (χ2n) is 4.73. The van der Waals surface area contributed by atoms with Crippen molar-refractivity contribution in [1.82, 2.24) is 0 Å². The van der Waals surface area contributed by atoms with Crippen LogP contribution in [0.15, 0.2) is 24.3 Å². The largest absolute Gasteiger partial charge is 0.444 e. The lowest BCUT2D eigenvalue weighted by molar-refractivity contribution is 0.0636. The number of rotatable bonds is 3. The highest BCUT2D eigenvalue weighted by molar-refractivity contribution is 7.84. The minimum absolute atomic E-state index is 0.00365. The van der Waals surface area contributed by atoms with Crippen LogP contribution in [0.4, 0.5) is 10.5 Å². The molecular weight excluding hydrogens is 272 g/mol. The van der Waals surface area contributed by atoms with Gasteiger partial charge in [-0.1, -0.05) is 6.07 Å². The van der Waals surface area contributed by atoms with Crippen LogP contribution in [-0.2, 0) is 15.0 Å². The van der Waals surface area contributed by atoms with Gasteiger partial charge in [0.15, 0.2) is 0 Å². The average molecular weight is 288 g/mol. The second kappa shape index (κ2) is 5.45. The zero-order valence-electron chi connectivity index (χ0n) is 10.8. The normalized spacial score (nSPS) is 11.8. The molecule has 19 heavy (non-hydrogen) atoms. The molecule has 1 aromatic carbocycles. The number of ether oxygens (including phenoxy) is 1. The first-order valence-corrected chi connectivity index (χ1v) is 6.84. The molecule has 0 radical (unpaired) electrons. The van der Waals surface area contributed by atoms with Crippen LogP contribution in [-0.4, -0.2) is 20.1 Å². The maximum Gasteiger partial charge on any atom is 0.412 e. The van der Waals surface area contributed by atoms with E-state index in [2.05, 4.69) is 9.50 Å². The molecule has 0 bridgehead atoms. The Labute approximate surface area is 112 Å². The molecule has 0 aliphatic rings. The molecule has 8 heteroatoms. The average Bonchev–Trinajstić information content (AvgIpc) is 2.11. The van der Waals surface area contributed by atoms with E-state index in [0.29, 0.717) is 5.69 Å². The number of nitrogens with one attached hydrogen (secondary N) is 1. The monoisotopic (exact) mass is 288 g/mol. The smallest absolute Gasteiger partial charge is 0.412 e. The Hall–Kier alpha value is -1.80. The highest BCUT2D eigenvalue weighted by atomic mass is 32.2. The van der Waals surface area contributed by atoms with Crippen LogP contribution in [0.2, 0.25) is 0 Å². The van der Waals surface area contributed by atoms with Crippen LogP contribution in [0.3, 0.4) is 0 Å². The summed E-state index contributed by atoms with van der Waals surface area (Å²) in [6, 6.07) is 5.77. The predicted octanol–water partition coefficient (Wildman–Crippen LogP) is 1.62. The van der Waals surface area contributed by atoms with Crippen LogP contribution >= 0.6 is 0 Å². The van der Waals surface area contributed by atoms with Crippen molar-refractivity contribution >= 4 is 22.1 Å². The molecule has 0 saturated carbocycles. The summed E-state index contributed by atoms with van der Waals surface area (Å²) >= 11 is 0. The molecule has 0 heterocycles. The van der Waals surface area contributed by atoms with Crippen molar-refractivity contribution in [3.05, 3.63) is 24.3 Å². The molecule has 0 saturated heterocycles. The fourth-order valence-electron chi connectivity index (χ4n) is 1.18. The number of hydrogen-bond donors (Lipinski definition) is 2. The molecule has 0 spiro atoms. The third kappa shape index (κ3) is 6.63. The highest BCUT2D eigenvalue weighted by Crippen LogP contribution is 2.19. The molecule has 0 atom stereocenters. The van der Waals surface area contributed by atoms with E-state index in [9.17, 15) is 13.2 Å². The fraction of sp³-hybridized carbons (Fsp3) is 0.364. The Kier molecular flexibility index (Phi) is 4.38. The Bertz CT molecular complexity index is 563. The van der Waals surface area contributed by atoms with E-state index in [-0.39, 0.29) is 5.75 Å². The van der Waals surface area contributed by atoms with Crippen LogP contribution in [0.1, 0.15) is 20.8 Å². The first kappa shape index (κ1) is 15.3. The Morgan fingerprint density at radius 2 is 1.95 bits per heavy atom. The zero-order chi connectivity index (χ0) is 14.7. The number of nitrogens with two attached hydrogens (primary N) is 1. The van der Waals surface area contributed by atoms with Gasteiger partial charge in [-0.15, -0.1) is 0 Å². The SMILES string of the molecule is CC(C)(C)OC(=O)Nc1cccc(OS(N)(=O)=O)c1. The summed E-state index contributed by atoms with van der Waals surface area (Å²) in [5.74, 6) is -0.00365. The predicted molar refractivity (Wildman–Crippen MR) is 70.0 cm³/mol. The fourth-order valence-corrected chi connectivity index (χ4v) is 1.55. The summed E-state index contributed by atoms with van der Waals surface area (Å²) in [4.78, 5) is 11.5. The molecule has 1 amide bonds. The molecular formula is C11H16N2O5S. The van der Waals surface area contributed by atoms with Crippen LogP contribution < -0.4 is 14.6 Å². The number of hydrogen-bond acceptors (Lipinski definition) is 5. The summed E-state index contributed by atoms with van der Waals surface area (Å²) in [5, 5.41) is 7.19. The minimum Gasteiger partial charge on any atom is -0.444 e. The summed E-state index contributed by atoms with van der Waals surface area (Å²) in [5.41, 5.74) is -0.297. The van der Waals surface area contributed by atoms with Gasteiger partial charge in [0.25, 0.3) is 0 Å². The van der Waals surface area contributed by atoms with Crippen LogP contribution in [0.5, 0.6) is 5.75 Å². The summed E-state index contributed by atoms with van der Waals surface area (Å²) in [6.45, 7) is 5.19. The Balaban J connectivity index is 2.75. The van der Waals surface area contributed by atoms with E-state index in [1.807, 2.05) is 0 Å². The molecule has 3 N–H and O–H groups in total. The van der Waals surface area contributed by atoms with Crippen molar-refractivity contribution in [3.8, 4) is 5.75 Å². The molecule has 1 rings (SSSR count). The summed E-state index contributed by atoms with van der Waals surface area (Å²) in [6.07, 6.45) is -0.653. The van der Waals surface area contributed by atoms with E-state index in [0.717, 1.165) is 0 Å². The maximum atomic E-state index is 11.5. The van der Waals surface area contributed by atoms with Gasteiger partial charge >= 0.3 is 16.4 Å². The Morgan fingerprint density at radius 3 is 2.47 bits per heavy atom. The van der Waals surface area contributed by atoms with Gasteiger partial charge in [0, 0.05) is 11.8 Å². The van der Waals surface area contributed by atoms with Gasteiger partial charge in [-0.2, -0.15) is 13.6 Å². The van der Waals surface area contributed by atoms with E-state index < -0.39 is 22.0 Å². The first-order valence-electron chi connectivity index (χ1n) is 5.37. The van der Waals surface area contributed by atoms with E-state index >= 15 is 0 Å². The lowest BCUT2D eigenvalue weighted by atomic mass is 10.2. The third-order valence-corrected chi connectivity index (χ3v) is 2.12. The molecule has 7 nitrogen and oxygen atoms in total. The van der Waals surface area contributed by atoms with Gasteiger partial charge in [0.2, 0.25) is 0 Å². The lowest BCUT2D eigenvalue weighted by Gasteiger charge is -2.19. The number of carbonyl (C=O) groups excluding carboxylic acids is 1. The Morgan fingerprint density at radius 1 is 1.32 bits per heavy atom. The highest BCUT2D eigenvalue weighted by Gasteiger charge is 2.16. The van der Waals surface area contributed by atoms with E-state index in [1.54, 1.807) is 26.8 Å². The van der Waals surface area contributed by atoms with Crippen LogP contribution in [0.25, 0.3) is 0 Å². The molecule has 1 aromatic rings. The molecule has 0 aliphatic carbocycles. The van der Waals surface area contributed by atoms with E-state index in [4.69, 9.17) is 9.88 Å². The van der Waals surface area contributed by atoms with Crippen LogP contribution in [0, 0.1) is 0 Å². The quantitative estimate of drug-likeness (QED) is 0.878. The molecule has 0 unspecified atom stereocenters. The maximum absolute atomic E-state index is 11.5. The standard InChI is InChI=1S/C11H16N2O5S/c1-11(2,3)17-10(14)13-8-5-4-6-9(7-8)18-19(12,15)16/h4-7H,1-3H3,(H,13,14)(H2,12,15,16). The topological polar surface area (TPSA) is 108 Å². The summed E-state index contributed by atoms with van der Waals surface area (Å²) < 4.78 is 31.1. The molecule has 106 valence electrons. The van der Waals surface area contributed by atoms with Crippen molar-refractivity contribution in [2.45, 2.75) is 26.4 Å². The number of benzene rings is 1. The van der Waals surface area contributed by atoms with Crippen molar-refractivity contribution in [2.75, 3.05) is 5.32 Å². The minimum atomic E-state index is -4.10. The first-order chi connectivity index (χ1) is 8.55. The number of anilines is 1. The molecule has 0 aliphatic heterocycles. The van der Waals surface area contributed by atoms with E-state index in [1.165, 1.54) is 18.2 Å². The van der Waals surface area contributed by atoms with Gasteiger partial charge in [-0.3, -0.25) is 5.32 Å². The van der Waals surface area contributed by atoms with Gasteiger partial charge in [0.1, 0.15) is 11.4 Å². The van der Waals surface area contributed by atoms with Gasteiger partial charge in [0.05, 0.1) is 0 Å². The van der Waals surface area contributed by atoms with Crippen molar-refractivity contribution in [1.29, 1.82) is 0 Å². The zero-order valence-corrected chi connectivity index (χ0v) is 11.7. The molecule has 0 aromatic heterocycles. The third-order valence-electron chi connectivity index (χ3n) is 1.69. The second-order valence-corrected chi connectivity index (χ2v) is 5.88.